The van der Waals surface area contributed by atoms with Crippen LogP contribution >= 0.6 is 8.60 Å². The SMILES string of the molecule is CCCCCCCCCCCCCCOC(=O)CC(OP(O)O)C(=O)O. The molecule has 0 heterocycles. The summed E-state index contributed by atoms with van der Waals surface area (Å²) < 4.78 is 9.33. The third-order valence-corrected chi connectivity index (χ3v) is 4.55. The molecule has 26 heavy (non-hydrogen) atoms. The molecule has 1 atom stereocenters. The average Bonchev–Trinajstić information content (AvgIpc) is 2.58. The van der Waals surface area contributed by atoms with E-state index in [9.17, 15) is 9.59 Å². The first-order valence-corrected chi connectivity index (χ1v) is 10.9. The number of hydrogen-bond donors (Lipinski definition) is 3. The van der Waals surface area contributed by atoms with Crippen LogP contribution in [0.1, 0.15) is 90.4 Å². The highest BCUT2D eigenvalue weighted by Gasteiger charge is 2.25. The van der Waals surface area contributed by atoms with Crippen LogP contribution in [0.5, 0.6) is 0 Å². The van der Waals surface area contributed by atoms with Crippen LogP contribution in [-0.2, 0) is 18.8 Å². The number of unbranched alkanes of at least 4 members (excludes halogenated alkanes) is 11. The van der Waals surface area contributed by atoms with Crippen LogP contribution in [-0.4, -0.2) is 39.5 Å². The molecule has 154 valence electrons. The van der Waals surface area contributed by atoms with Crippen molar-refractivity contribution >= 4 is 20.5 Å². The lowest BCUT2D eigenvalue weighted by Gasteiger charge is -2.12. The Morgan fingerprint density at radius 1 is 0.846 bits per heavy atom. The van der Waals surface area contributed by atoms with Gasteiger partial charge in [0.2, 0.25) is 0 Å². The molecule has 7 nitrogen and oxygen atoms in total. The van der Waals surface area contributed by atoms with Crippen molar-refractivity contribution in [1.82, 2.24) is 0 Å². The average molecular weight is 394 g/mol. The number of hydrogen-bond acceptors (Lipinski definition) is 6. The highest BCUT2D eigenvalue weighted by atomic mass is 31.2. The maximum atomic E-state index is 11.5. The number of rotatable bonds is 18. The van der Waals surface area contributed by atoms with Crippen molar-refractivity contribution in [2.45, 2.75) is 96.5 Å². The molecule has 0 spiro atoms. The van der Waals surface area contributed by atoms with Crippen molar-refractivity contribution in [3.8, 4) is 0 Å². The summed E-state index contributed by atoms with van der Waals surface area (Å²) in [6.45, 7) is 2.47. The number of ether oxygens (including phenoxy) is 1. The van der Waals surface area contributed by atoms with Gasteiger partial charge in [-0.25, -0.2) is 4.79 Å². The Morgan fingerprint density at radius 3 is 1.73 bits per heavy atom. The lowest BCUT2D eigenvalue weighted by atomic mass is 10.1. The van der Waals surface area contributed by atoms with E-state index in [1.807, 2.05) is 0 Å². The minimum atomic E-state index is -2.82. The Hall–Kier alpha value is -0.750. The minimum Gasteiger partial charge on any atom is -0.479 e. The van der Waals surface area contributed by atoms with Crippen LogP contribution < -0.4 is 0 Å². The Kier molecular flexibility index (Phi) is 17.1. The fourth-order valence-corrected chi connectivity index (χ4v) is 3.02. The Bertz CT molecular complexity index is 363. The second kappa shape index (κ2) is 17.7. The maximum Gasteiger partial charge on any atom is 0.333 e. The lowest BCUT2D eigenvalue weighted by molar-refractivity contribution is -0.154. The molecule has 0 saturated heterocycles. The number of aliphatic carboxylic acids is 1. The summed E-state index contributed by atoms with van der Waals surface area (Å²) in [5, 5.41) is 8.81. The molecule has 0 aliphatic rings. The van der Waals surface area contributed by atoms with Crippen LogP contribution in [0.3, 0.4) is 0 Å². The molecule has 8 heteroatoms. The van der Waals surface area contributed by atoms with E-state index in [4.69, 9.17) is 19.6 Å². The normalized spacial score (nSPS) is 12.3. The molecular formula is C18H35O7P. The lowest BCUT2D eigenvalue weighted by Crippen LogP contribution is -2.26. The van der Waals surface area contributed by atoms with Gasteiger partial charge in [0.05, 0.1) is 13.0 Å². The van der Waals surface area contributed by atoms with E-state index in [-0.39, 0.29) is 6.61 Å². The number of carboxylic acid groups (broad SMARTS) is 1. The fourth-order valence-electron chi connectivity index (χ4n) is 2.62. The molecular weight excluding hydrogens is 359 g/mol. The zero-order valence-electron chi connectivity index (χ0n) is 15.9. The highest BCUT2D eigenvalue weighted by Crippen LogP contribution is 2.28. The summed E-state index contributed by atoms with van der Waals surface area (Å²) in [5.74, 6) is -2.14. The van der Waals surface area contributed by atoms with Crippen molar-refractivity contribution in [1.29, 1.82) is 0 Å². The van der Waals surface area contributed by atoms with Gasteiger partial charge < -0.3 is 19.6 Å². The molecule has 0 amide bonds. The maximum absolute atomic E-state index is 11.5. The summed E-state index contributed by atoms with van der Waals surface area (Å²) in [4.78, 5) is 39.7. The molecule has 0 aromatic heterocycles. The van der Waals surface area contributed by atoms with Gasteiger partial charge >= 0.3 is 20.5 Å². The van der Waals surface area contributed by atoms with Crippen LogP contribution in [0.4, 0.5) is 0 Å². The molecule has 0 bridgehead atoms. The van der Waals surface area contributed by atoms with Gasteiger partial charge in [-0.2, -0.15) is 0 Å². The summed E-state index contributed by atoms with van der Waals surface area (Å²) in [6, 6.07) is 0. The molecule has 0 saturated carbocycles. The first-order chi connectivity index (χ1) is 12.5. The number of carbonyl (C=O) groups is 2. The second-order valence-electron chi connectivity index (χ2n) is 6.50. The monoisotopic (exact) mass is 394 g/mol. The van der Waals surface area contributed by atoms with Crippen molar-refractivity contribution in [2.75, 3.05) is 6.61 Å². The van der Waals surface area contributed by atoms with Gasteiger partial charge in [0.1, 0.15) is 0 Å². The molecule has 0 aromatic rings. The van der Waals surface area contributed by atoms with Gasteiger partial charge in [-0.3, -0.25) is 9.32 Å². The smallest absolute Gasteiger partial charge is 0.333 e. The van der Waals surface area contributed by atoms with Crippen molar-refractivity contribution < 1.29 is 33.7 Å². The Labute approximate surface area is 158 Å². The van der Waals surface area contributed by atoms with Gasteiger partial charge in [0, 0.05) is 0 Å². The molecule has 3 N–H and O–H groups in total. The van der Waals surface area contributed by atoms with Crippen molar-refractivity contribution in [3.05, 3.63) is 0 Å². The molecule has 1 unspecified atom stereocenters. The third kappa shape index (κ3) is 16.7. The summed E-state index contributed by atoms with van der Waals surface area (Å²) in [7, 11) is -2.82. The first kappa shape index (κ1) is 25.2. The zero-order chi connectivity index (χ0) is 19.6. The van der Waals surface area contributed by atoms with Crippen molar-refractivity contribution in [3.63, 3.8) is 0 Å². The van der Waals surface area contributed by atoms with Crippen LogP contribution in [0.2, 0.25) is 0 Å². The van der Waals surface area contributed by atoms with Gasteiger partial charge in [-0.1, -0.05) is 77.6 Å². The van der Waals surface area contributed by atoms with E-state index >= 15 is 0 Å². The first-order valence-electron chi connectivity index (χ1n) is 9.70. The molecule has 0 rings (SSSR count). The molecule has 0 fully saturated rings. The zero-order valence-corrected chi connectivity index (χ0v) is 16.8. The van der Waals surface area contributed by atoms with Gasteiger partial charge in [0.15, 0.2) is 6.10 Å². The standard InChI is InChI=1S/C18H35O7P/c1-2-3-4-5-6-7-8-9-10-11-12-13-14-24-17(19)15-16(18(20)21)25-26(22)23/h16,22-23H,2-15H2,1H3,(H,20,21). The minimum absolute atomic E-state index is 0.246. The van der Waals surface area contributed by atoms with Gasteiger partial charge in [0.25, 0.3) is 0 Å². The van der Waals surface area contributed by atoms with E-state index in [1.165, 1.54) is 57.8 Å². The predicted octanol–water partition coefficient (Wildman–Crippen LogP) is 4.30. The number of carboxylic acids is 1. The number of esters is 1. The molecule has 0 radical (unpaired) electrons. The fraction of sp³-hybridized carbons (Fsp3) is 0.889. The highest BCUT2D eigenvalue weighted by molar-refractivity contribution is 7.39. The van der Waals surface area contributed by atoms with E-state index < -0.39 is 33.1 Å². The van der Waals surface area contributed by atoms with E-state index in [0.29, 0.717) is 0 Å². The van der Waals surface area contributed by atoms with Crippen LogP contribution in [0, 0.1) is 0 Å². The predicted molar refractivity (Wildman–Crippen MR) is 101 cm³/mol. The van der Waals surface area contributed by atoms with Crippen LogP contribution in [0.25, 0.3) is 0 Å². The van der Waals surface area contributed by atoms with E-state index in [0.717, 1.165) is 19.3 Å². The summed E-state index contributed by atoms with van der Waals surface area (Å²) >= 11 is 0. The van der Waals surface area contributed by atoms with Gasteiger partial charge in [-0.05, 0) is 6.42 Å². The van der Waals surface area contributed by atoms with E-state index in [1.54, 1.807) is 0 Å². The Balaban J connectivity index is 3.46. The topological polar surface area (TPSA) is 113 Å². The molecule has 0 aliphatic carbocycles. The largest absolute Gasteiger partial charge is 0.479 e. The molecule has 0 aliphatic heterocycles. The Morgan fingerprint density at radius 2 is 1.31 bits per heavy atom. The second-order valence-corrected chi connectivity index (χ2v) is 7.22. The molecule has 0 aromatic carbocycles. The number of carbonyl (C=O) groups excluding carboxylic acids is 1. The van der Waals surface area contributed by atoms with Crippen LogP contribution in [0.15, 0.2) is 0 Å². The quantitative estimate of drug-likeness (QED) is 0.180. The van der Waals surface area contributed by atoms with Gasteiger partial charge in [-0.15, -0.1) is 0 Å². The third-order valence-electron chi connectivity index (χ3n) is 4.11. The summed E-state index contributed by atoms with van der Waals surface area (Å²) in [6.07, 6.45) is 12.4. The van der Waals surface area contributed by atoms with Crippen molar-refractivity contribution in [2.24, 2.45) is 0 Å². The van der Waals surface area contributed by atoms with E-state index in [2.05, 4.69) is 11.4 Å². The summed E-state index contributed by atoms with van der Waals surface area (Å²) in [5.41, 5.74) is 0.